The summed E-state index contributed by atoms with van der Waals surface area (Å²) in [5.41, 5.74) is -1.98. The molecular weight excluding hydrogens is 334 g/mol. The lowest BCUT2D eigenvalue weighted by Crippen LogP contribution is -2.05. The standard InChI is InChI=1S/C15H7F4NO4/c16-12-8(4-7(5-10(12)21)15(17,18)19)13-20-9-3-6(14(22)23)1-2-11(9)24-13/h1-5,21H,(H,22,23). The van der Waals surface area contributed by atoms with Crippen molar-refractivity contribution in [1.82, 2.24) is 4.98 Å². The first-order valence-corrected chi connectivity index (χ1v) is 6.41. The molecule has 3 rings (SSSR count). The highest BCUT2D eigenvalue weighted by molar-refractivity contribution is 5.92. The van der Waals surface area contributed by atoms with E-state index >= 15 is 0 Å². The van der Waals surface area contributed by atoms with Crippen LogP contribution in [0.5, 0.6) is 5.75 Å². The van der Waals surface area contributed by atoms with Gasteiger partial charge in [0.2, 0.25) is 5.89 Å². The molecular formula is C15H7F4NO4. The average Bonchev–Trinajstić information content (AvgIpc) is 2.91. The Balaban J connectivity index is 2.20. The maximum Gasteiger partial charge on any atom is 0.416 e. The van der Waals surface area contributed by atoms with Gasteiger partial charge in [-0.1, -0.05) is 0 Å². The molecule has 0 amide bonds. The number of carboxylic acids is 1. The van der Waals surface area contributed by atoms with E-state index in [4.69, 9.17) is 9.52 Å². The fourth-order valence-corrected chi connectivity index (χ4v) is 2.10. The number of phenolic OH excluding ortho intramolecular Hbond substituents is 1. The molecule has 0 atom stereocenters. The van der Waals surface area contributed by atoms with E-state index in [2.05, 4.69) is 4.98 Å². The van der Waals surface area contributed by atoms with Gasteiger partial charge in [0.1, 0.15) is 5.52 Å². The highest BCUT2D eigenvalue weighted by Crippen LogP contribution is 2.38. The molecule has 0 saturated carbocycles. The summed E-state index contributed by atoms with van der Waals surface area (Å²) in [6, 6.07) is 4.30. The normalized spacial score (nSPS) is 11.8. The largest absolute Gasteiger partial charge is 0.505 e. The van der Waals surface area contributed by atoms with Crippen LogP contribution in [0, 0.1) is 5.82 Å². The maximum atomic E-state index is 14.0. The van der Waals surface area contributed by atoms with Crippen LogP contribution in [0.1, 0.15) is 15.9 Å². The van der Waals surface area contributed by atoms with Crippen LogP contribution < -0.4 is 0 Å². The molecule has 5 nitrogen and oxygen atoms in total. The van der Waals surface area contributed by atoms with Crippen molar-refractivity contribution in [2.45, 2.75) is 6.18 Å². The first-order valence-electron chi connectivity index (χ1n) is 6.41. The molecule has 0 aliphatic heterocycles. The minimum Gasteiger partial charge on any atom is -0.505 e. The van der Waals surface area contributed by atoms with Crippen molar-refractivity contribution in [3.05, 3.63) is 47.3 Å². The van der Waals surface area contributed by atoms with Crippen LogP contribution in [0.15, 0.2) is 34.7 Å². The Kier molecular flexibility index (Phi) is 3.43. The zero-order chi connectivity index (χ0) is 17.6. The van der Waals surface area contributed by atoms with Crippen LogP contribution in [0.25, 0.3) is 22.6 Å². The van der Waals surface area contributed by atoms with E-state index in [-0.39, 0.29) is 22.7 Å². The van der Waals surface area contributed by atoms with Gasteiger partial charge >= 0.3 is 12.1 Å². The smallest absolute Gasteiger partial charge is 0.416 e. The quantitative estimate of drug-likeness (QED) is 0.687. The van der Waals surface area contributed by atoms with Gasteiger partial charge in [0.05, 0.1) is 16.7 Å². The van der Waals surface area contributed by atoms with Crippen molar-refractivity contribution in [1.29, 1.82) is 0 Å². The number of alkyl halides is 3. The third kappa shape index (κ3) is 2.64. The molecule has 24 heavy (non-hydrogen) atoms. The second-order valence-electron chi connectivity index (χ2n) is 4.86. The third-order valence-electron chi connectivity index (χ3n) is 3.25. The molecule has 0 radical (unpaired) electrons. The minimum absolute atomic E-state index is 0.0289. The van der Waals surface area contributed by atoms with Crippen molar-refractivity contribution in [3.8, 4) is 17.2 Å². The summed E-state index contributed by atoms with van der Waals surface area (Å²) in [6.07, 6.45) is -4.80. The molecule has 2 N–H and O–H groups in total. The Labute approximate surface area is 130 Å². The molecule has 0 fully saturated rings. The van der Waals surface area contributed by atoms with Gasteiger partial charge in [-0.3, -0.25) is 0 Å². The molecule has 0 aliphatic carbocycles. The van der Waals surface area contributed by atoms with Gasteiger partial charge in [0.25, 0.3) is 0 Å². The molecule has 1 heterocycles. The van der Waals surface area contributed by atoms with E-state index in [0.717, 1.165) is 6.07 Å². The number of hydrogen-bond acceptors (Lipinski definition) is 4. The van der Waals surface area contributed by atoms with Gasteiger partial charge in [-0.05, 0) is 30.3 Å². The van der Waals surface area contributed by atoms with E-state index in [1.165, 1.54) is 12.1 Å². The van der Waals surface area contributed by atoms with Gasteiger partial charge in [0.15, 0.2) is 17.1 Å². The zero-order valence-electron chi connectivity index (χ0n) is 11.6. The second kappa shape index (κ2) is 5.22. The Morgan fingerprint density at radius 2 is 1.88 bits per heavy atom. The molecule has 0 saturated heterocycles. The fourth-order valence-electron chi connectivity index (χ4n) is 2.10. The number of aromatic carboxylic acids is 1. The lowest BCUT2D eigenvalue weighted by Gasteiger charge is -2.09. The number of oxazole rings is 1. The number of nitrogens with zero attached hydrogens (tertiary/aromatic N) is 1. The van der Waals surface area contributed by atoms with Crippen LogP contribution in [0.3, 0.4) is 0 Å². The summed E-state index contributed by atoms with van der Waals surface area (Å²) in [4.78, 5) is 14.7. The second-order valence-corrected chi connectivity index (χ2v) is 4.86. The molecule has 2 aromatic carbocycles. The van der Waals surface area contributed by atoms with Crippen molar-refractivity contribution in [3.63, 3.8) is 0 Å². The summed E-state index contributed by atoms with van der Waals surface area (Å²) < 4.78 is 57.5. The minimum atomic E-state index is -4.80. The number of aromatic nitrogens is 1. The Morgan fingerprint density at radius 1 is 1.17 bits per heavy atom. The van der Waals surface area contributed by atoms with Crippen LogP contribution in [0.2, 0.25) is 0 Å². The van der Waals surface area contributed by atoms with E-state index < -0.39 is 40.7 Å². The number of halogens is 4. The number of phenols is 1. The highest BCUT2D eigenvalue weighted by Gasteiger charge is 2.33. The zero-order valence-corrected chi connectivity index (χ0v) is 11.6. The number of carboxylic acid groups (broad SMARTS) is 1. The highest BCUT2D eigenvalue weighted by atomic mass is 19.4. The van der Waals surface area contributed by atoms with Crippen LogP contribution >= 0.6 is 0 Å². The van der Waals surface area contributed by atoms with Gasteiger partial charge in [-0.25, -0.2) is 14.2 Å². The number of carbonyl (C=O) groups is 1. The molecule has 0 spiro atoms. The topological polar surface area (TPSA) is 83.6 Å². The fraction of sp³-hybridized carbons (Fsp3) is 0.0667. The molecule has 0 unspecified atom stereocenters. The van der Waals surface area contributed by atoms with Crippen LogP contribution in [0.4, 0.5) is 17.6 Å². The van der Waals surface area contributed by atoms with E-state index in [1.807, 2.05) is 0 Å². The van der Waals surface area contributed by atoms with Gasteiger partial charge < -0.3 is 14.6 Å². The maximum absolute atomic E-state index is 14.0. The molecule has 0 bridgehead atoms. The molecule has 1 aromatic heterocycles. The van der Waals surface area contributed by atoms with Gasteiger partial charge in [-0.15, -0.1) is 0 Å². The Hall–Kier alpha value is -3.10. The SMILES string of the molecule is O=C(O)c1ccc2oc(-c3cc(C(F)(F)F)cc(O)c3F)nc2c1. The summed E-state index contributed by atoms with van der Waals surface area (Å²) in [6.45, 7) is 0. The number of fused-ring (bicyclic) bond motifs is 1. The summed E-state index contributed by atoms with van der Waals surface area (Å²) >= 11 is 0. The average molecular weight is 341 g/mol. The van der Waals surface area contributed by atoms with Gasteiger partial charge in [-0.2, -0.15) is 13.2 Å². The van der Waals surface area contributed by atoms with E-state index in [0.29, 0.717) is 6.07 Å². The lowest BCUT2D eigenvalue weighted by molar-refractivity contribution is -0.137. The first kappa shape index (κ1) is 15.8. The molecule has 9 heteroatoms. The summed E-state index contributed by atoms with van der Waals surface area (Å²) in [7, 11) is 0. The summed E-state index contributed by atoms with van der Waals surface area (Å²) in [5.74, 6) is -4.27. The van der Waals surface area contributed by atoms with Crippen LogP contribution in [-0.4, -0.2) is 21.2 Å². The number of rotatable bonds is 2. The van der Waals surface area contributed by atoms with Crippen molar-refractivity contribution in [2.75, 3.05) is 0 Å². The first-order chi connectivity index (χ1) is 11.2. The Bertz CT molecular complexity index is 962. The predicted octanol–water partition coefficient (Wildman–Crippen LogP) is 4.06. The van der Waals surface area contributed by atoms with Crippen molar-refractivity contribution >= 4 is 17.1 Å². The summed E-state index contributed by atoms with van der Waals surface area (Å²) in [5, 5.41) is 18.3. The predicted molar refractivity (Wildman–Crippen MR) is 73.0 cm³/mol. The van der Waals surface area contributed by atoms with Crippen LogP contribution in [-0.2, 0) is 6.18 Å². The number of aromatic hydroxyl groups is 1. The molecule has 0 aliphatic rings. The lowest BCUT2D eigenvalue weighted by atomic mass is 10.1. The van der Waals surface area contributed by atoms with Crippen molar-refractivity contribution in [2.24, 2.45) is 0 Å². The van der Waals surface area contributed by atoms with Gasteiger partial charge in [0, 0.05) is 0 Å². The van der Waals surface area contributed by atoms with E-state index in [9.17, 15) is 27.5 Å². The van der Waals surface area contributed by atoms with E-state index in [1.54, 1.807) is 0 Å². The van der Waals surface area contributed by atoms with Crippen molar-refractivity contribution < 1.29 is 37.0 Å². The third-order valence-corrected chi connectivity index (χ3v) is 3.25. The monoisotopic (exact) mass is 341 g/mol. The number of benzene rings is 2. The molecule has 124 valence electrons. The molecule has 3 aromatic rings. The number of hydrogen-bond donors (Lipinski definition) is 2. The Morgan fingerprint density at radius 3 is 2.50 bits per heavy atom.